The lowest BCUT2D eigenvalue weighted by molar-refractivity contribution is -0.138. The third-order valence-corrected chi connectivity index (χ3v) is 3.51. The molecule has 1 aromatic rings. The van der Waals surface area contributed by atoms with E-state index < -0.39 is 11.9 Å². The van der Waals surface area contributed by atoms with Gasteiger partial charge in [0.05, 0.1) is 6.42 Å². The Morgan fingerprint density at radius 3 is 1.95 bits per heavy atom. The molecule has 0 aromatic carbocycles. The largest absolute Gasteiger partial charge is 0.481 e. The highest BCUT2D eigenvalue weighted by atomic mass is 16.4. The Bertz CT molecular complexity index is 473. The summed E-state index contributed by atoms with van der Waals surface area (Å²) in [6, 6.07) is 0. The molecule has 0 saturated heterocycles. The number of carboxylic acids is 2. The standard InChI is InChI=1S/C15H22O5/c1-10-11(2)13(8-9-15(18)19)20-12(10)6-4-3-5-7-14(16)17/h3-9H2,1-2H3,(H,16,17)(H,18,19). The van der Waals surface area contributed by atoms with Gasteiger partial charge in [0.1, 0.15) is 11.5 Å². The molecule has 1 heterocycles. The molecule has 1 aromatic heterocycles. The molecule has 1 rings (SSSR count). The molecule has 0 bridgehead atoms. The summed E-state index contributed by atoms with van der Waals surface area (Å²) in [6.45, 7) is 3.93. The van der Waals surface area contributed by atoms with Gasteiger partial charge < -0.3 is 14.6 Å². The predicted octanol–water partition coefficient (Wildman–Crippen LogP) is 3.10. The Labute approximate surface area is 118 Å². The third-order valence-electron chi connectivity index (χ3n) is 3.51. The fraction of sp³-hybridized carbons (Fsp3) is 0.600. The molecule has 0 unspecified atom stereocenters. The molecule has 5 heteroatoms. The van der Waals surface area contributed by atoms with Crippen LogP contribution in [0, 0.1) is 13.8 Å². The van der Waals surface area contributed by atoms with Crippen molar-refractivity contribution in [3.05, 3.63) is 22.6 Å². The van der Waals surface area contributed by atoms with Crippen LogP contribution in [0.25, 0.3) is 0 Å². The number of carboxylic acid groups (broad SMARTS) is 2. The van der Waals surface area contributed by atoms with E-state index in [1.165, 1.54) is 0 Å². The van der Waals surface area contributed by atoms with E-state index in [9.17, 15) is 9.59 Å². The van der Waals surface area contributed by atoms with Gasteiger partial charge in [0.15, 0.2) is 0 Å². The molecule has 0 radical (unpaired) electrons. The monoisotopic (exact) mass is 282 g/mol. The number of furan rings is 1. The van der Waals surface area contributed by atoms with Crippen LogP contribution in [0.2, 0.25) is 0 Å². The van der Waals surface area contributed by atoms with Crippen LogP contribution in [0.5, 0.6) is 0 Å². The first kappa shape index (κ1) is 16.3. The van der Waals surface area contributed by atoms with Crippen molar-refractivity contribution in [1.82, 2.24) is 0 Å². The summed E-state index contributed by atoms with van der Waals surface area (Å²) >= 11 is 0. The number of unbranched alkanes of at least 4 members (excludes halogenated alkanes) is 2. The second-order valence-corrected chi connectivity index (χ2v) is 5.05. The molecular formula is C15H22O5. The predicted molar refractivity (Wildman–Crippen MR) is 73.9 cm³/mol. The summed E-state index contributed by atoms with van der Waals surface area (Å²) in [7, 11) is 0. The van der Waals surface area contributed by atoms with Crippen molar-refractivity contribution in [2.45, 2.75) is 58.8 Å². The first-order valence-corrected chi connectivity index (χ1v) is 6.93. The third kappa shape index (κ3) is 5.07. The van der Waals surface area contributed by atoms with Crippen LogP contribution in [0.15, 0.2) is 4.42 Å². The molecule has 0 aliphatic heterocycles. The Morgan fingerprint density at radius 1 is 0.850 bits per heavy atom. The normalized spacial score (nSPS) is 10.7. The quantitative estimate of drug-likeness (QED) is 0.679. The highest BCUT2D eigenvalue weighted by Crippen LogP contribution is 2.24. The van der Waals surface area contributed by atoms with Crippen molar-refractivity contribution < 1.29 is 24.2 Å². The van der Waals surface area contributed by atoms with Gasteiger partial charge in [0, 0.05) is 19.3 Å². The summed E-state index contributed by atoms with van der Waals surface area (Å²) in [5.74, 6) is 0.0725. The van der Waals surface area contributed by atoms with Crippen LogP contribution in [0.1, 0.15) is 54.8 Å². The van der Waals surface area contributed by atoms with Gasteiger partial charge in [-0.25, -0.2) is 0 Å². The number of aryl methyl sites for hydroxylation is 2. The van der Waals surface area contributed by atoms with E-state index in [0.717, 1.165) is 41.9 Å². The first-order chi connectivity index (χ1) is 9.41. The fourth-order valence-corrected chi connectivity index (χ4v) is 2.16. The summed E-state index contributed by atoms with van der Waals surface area (Å²) in [5.41, 5.74) is 2.12. The maximum absolute atomic E-state index is 10.6. The van der Waals surface area contributed by atoms with Gasteiger partial charge in [-0.05, 0) is 37.8 Å². The molecular weight excluding hydrogens is 260 g/mol. The number of carbonyl (C=O) groups is 2. The van der Waals surface area contributed by atoms with E-state index in [2.05, 4.69) is 0 Å². The van der Waals surface area contributed by atoms with Gasteiger partial charge >= 0.3 is 11.9 Å². The molecule has 0 aliphatic carbocycles. The topological polar surface area (TPSA) is 87.7 Å². The average molecular weight is 282 g/mol. The molecule has 0 saturated carbocycles. The lowest BCUT2D eigenvalue weighted by Gasteiger charge is -1.99. The summed E-state index contributed by atoms with van der Waals surface area (Å²) in [6.07, 6.45) is 3.90. The van der Waals surface area contributed by atoms with Crippen molar-refractivity contribution in [1.29, 1.82) is 0 Å². The SMILES string of the molecule is Cc1c(CCCCCC(=O)O)oc(CCC(=O)O)c1C. The van der Waals surface area contributed by atoms with Crippen LogP contribution in [-0.4, -0.2) is 22.2 Å². The maximum atomic E-state index is 10.6. The number of aliphatic carboxylic acids is 2. The minimum Gasteiger partial charge on any atom is -0.481 e. The second-order valence-electron chi connectivity index (χ2n) is 5.05. The number of hydrogen-bond acceptors (Lipinski definition) is 3. The molecule has 20 heavy (non-hydrogen) atoms. The number of rotatable bonds is 9. The minimum absolute atomic E-state index is 0.0752. The van der Waals surface area contributed by atoms with Crippen molar-refractivity contribution in [3.63, 3.8) is 0 Å². The second kappa shape index (κ2) is 7.72. The van der Waals surface area contributed by atoms with Gasteiger partial charge in [-0.15, -0.1) is 0 Å². The van der Waals surface area contributed by atoms with E-state index in [1.54, 1.807) is 0 Å². The molecule has 0 amide bonds. The zero-order valence-corrected chi connectivity index (χ0v) is 12.1. The zero-order chi connectivity index (χ0) is 15.1. The lowest BCUT2D eigenvalue weighted by Crippen LogP contribution is -1.97. The highest BCUT2D eigenvalue weighted by Gasteiger charge is 2.14. The van der Waals surface area contributed by atoms with Crippen LogP contribution in [-0.2, 0) is 22.4 Å². The van der Waals surface area contributed by atoms with E-state index in [1.807, 2.05) is 13.8 Å². The van der Waals surface area contributed by atoms with Crippen LogP contribution < -0.4 is 0 Å². The Hall–Kier alpha value is -1.78. The molecule has 0 atom stereocenters. The lowest BCUT2D eigenvalue weighted by atomic mass is 10.1. The summed E-state index contributed by atoms with van der Waals surface area (Å²) in [5, 5.41) is 17.2. The molecule has 0 spiro atoms. The van der Waals surface area contributed by atoms with Gasteiger partial charge in [-0.1, -0.05) is 6.42 Å². The van der Waals surface area contributed by atoms with E-state index in [4.69, 9.17) is 14.6 Å². The van der Waals surface area contributed by atoms with Crippen LogP contribution in [0.4, 0.5) is 0 Å². The van der Waals surface area contributed by atoms with Gasteiger partial charge in [-0.3, -0.25) is 9.59 Å². The van der Waals surface area contributed by atoms with Crippen LogP contribution >= 0.6 is 0 Å². The van der Waals surface area contributed by atoms with Crippen molar-refractivity contribution in [3.8, 4) is 0 Å². The maximum Gasteiger partial charge on any atom is 0.303 e. The minimum atomic E-state index is -0.825. The molecule has 0 fully saturated rings. The Kier molecular flexibility index (Phi) is 6.28. The summed E-state index contributed by atoms with van der Waals surface area (Å²) in [4.78, 5) is 21.0. The zero-order valence-electron chi connectivity index (χ0n) is 12.1. The van der Waals surface area contributed by atoms with Crippen LogP contribution in [0.3, 0.4) is 0 Å². The van der Waals surface area contributed by atoms with Crippen molar-refractivity contribution in [2.75, 3.05) is 0 Å². The number of hydrogen-bond donors (Lipinski definition) is 2. The Morgan fingerprint density at radius 2 is 1.40 bits per heavy atom. The van der Waals surface area contributed by atoms with Gasteiger partial charge in [0.25, 0.3) is 0 Å². The summed E-state index contributed by atoms with van der Waals surface area (Å²) < 4.78 is 5.74. The molecule has 2 N–H and O–H groups in total. The van der Waals surface area contributed by atoms with Crippen molar-refractivity contribution in [2.24, 2.45) is 0 Å². The van der Waals surface area contributed by atoms with Crippen molar-refractivity contribution >= 4 is 11.9 Å². The average Bonchev–Trinajstić information content (AvgIpc) is 2.63. The highest BCUT2D eigenvalue weighted by molar-refractivity contribution is 5.67. The Balaban J connectivity index is 2.47. The van der Waals surface area contributed by atoms with Gasteiger partial charge in [0.2, 0.25) is 0 Å². The van der Waals surface area contributed by atoms with Gasteiger partial charge in [-0.2, -0.15) is 0 Å². The van der Waals surface area contributed by atoms with E-state index >= 15 is 0 Å². The first-order valence-electron chi connectivity index (χ1n) is 6.93. The fourth-order valence-electron chi connectivity index (χ4n) is 2.16. The smallest absolute Gasteiger partial charge is 0.303 e. The van der Waals surface area contributed by atoms with E-state index in [0.29, 0.717) is 12.8 Å². The molecule has 0 aliphatic rings. The molecule has 112 valence electrons. The van der Waals surface area contributed by atoms with E-state index in [-0.39, 0.29) is 12.8 Å². The molecule has 5 nitrogen and oxygen atoms in total.